The van der Waals surface area contributed by atoms with Gasteiger partial charge in [-0.2, -0.15) is 5.26 Å². The predicted molar refractivity (Wildman–Crippen MR) is 78.7 cm³/mol. The van der Waals surface area contributed by atoms with E-state index in [1.807, 2.05) is 6.07 Å². The first-order valence-corrected chi connectivity index (χ1v) is 6.82. The van der Waals surface area contributed by atoms with Gasteiger partial charge in [-0.3, -0.25) is 0 Å². The molecule has 114 valence electrons. The number of hydrogen-bond acceptors (Lipinski definition) is 4. The van der Waals surface area contributed by atoms with Crippen molar-refractivity contribution in [3.05, 3.63) is 65.5 Å². The minimum Gasteiger partial charge on any atom is -0.489 e. The summed E-state index contributed by atoms with van der Waals surface area (Å²) in [6.45, 7) is 0.0948. The second-order valence-corrected chi connectivity index (χ2v) is 4.68. The van der Waals surface area contributed by atoms with Gasteiger partial charge in [0.05, 0.1) is 18.8 Å². The Balaban J connectivity index is 1.76. The number of hydrogen-bond donors (Lipinski definition) is 1. The summed E-state index contributed by atoms with van der Waals surface area (Å²) in [6.07, 6.45) is -0.862. The van der Waals surface area contributed by atoms with E-state index in [0.29, 0.717) is 16.9 Å². The summed E-state index contributed by atoms with van der Waals surface area (Å²) >= 11 is 0. The average Bonchev–Trinajstić information content (AvgIpc) is 2.55. The molecule has 0 heterocycles. The van der Waals surface area contributed by atoms with E-state index in [2.05, 4.69) is 0 Å². The lowest BCUT2D eigenvalue weighted by molar-refractivity contribution is 0.00472. The molecule has 0 saturated heterocycles. The Bertz CT molecular complexity index is 654. The lowest BCUT2D eigenvalue weighted by Gasteiger charge is -2.13. The van der Waals surface area contributed by atoms with Crippen LogP contribution in [0.3, 0.4) is 0 Å². The van der Waals surface area contributed by atoms with Gasteiger partial charge in [0.1, 0.15) is 30.3 Å². The van der Waals surface area contributed by atoms with Gasteiger partial charge < -0.3 is 14.6 Å². The van der Waals surface area contributed by atoms with Crippen LogP contribution in [0.5, 0.6) is 5.75 Å². The van der Waals surface area contributed by atoms with Gasteiger partial charge in [-0.15, -0.1) is 0 Å². The summed E-state index contributed by atoms with van der Waals surface area (Å²) < 4.78 is 24.0. The fourth-order valence-electron chi connectivity index (χ4n) is 1.84. The number of para-hydroxylation sites is 1. The smallest absolute Gasteiger partial charge is 0.137 e. The maximum absolute atomic E-state index is 13.4. The van der Waals surface area contributed by atoms with Crippen LogP contribution in [0.4, 0.5) is 4.39 Å². The quantitative estimate of drug-likeness (QED) is 0.854. The molecule has 0 aliphatic rings. The van der Waals surface area contributed by atoms with Crippen LogP contribution in [0.25, 0.3) is 0 Å². The Hall–Kier alpha value is -2.42. The van der Waals surface area contributed by atoms with E-state index in [1.165, 1.54) is 6.07 Å². The molecule has 1 N–H and O–H groups in total. The molecule has 0 aromatic heterocycles. The van der Waals surface area contributed by atoms with E-state index in [4.69, 9.17) is 14.7 Å². The molecule has 1 unspecified atom stereocenters. The predicted octanol–water partition coefficient (Wildman–Crippen LogP) is 2.65. The fourth-order valence-corrected chi connectivity index (χ4v) is 1.84. The molecule has 0 bridgehead atoms. The Labute approximate surface area is 128 Å². The number of nitrogens with zero attached hydrogens (tertiary/aromatic N) is 1. The van der Waals surface area contributed by atoms with Crippen LogP contribution in [0.15, 0.2) is 48.5 Å². The third-order valence-electron chi connectivity index (χ3n) is 2.96. The van der Waals surface area contributed by atoms with E-state index in [-0.39, 0.29) is 25.6 Å². The first kappa shape index (κ1) is 16.0. The number of ether oxygens (including phenoxy) is 2. The van der Waals surface area contributed by atoms with Gasteiger partial charge >= 0.3 is 0 Å². The standard InChI is InChI=1S/C17H16FNO3/c18-16-7-3-1-6-14(16)10-21-11-15(20)12-22-17-8-4-2-5-13(17)9-19/h1-8,15,20H,10-12H2. The molecule has 0 amide bonds. The van der Waals surface area contributed by atoms with Crippen molar-refractivity contribution in [1.82, 2.24) is 0 Å². The van der Waals surface area contributed by atoms with Crippen molar-refractivity contribution in [3.8, 4) is 11.8 Å². The van der Waals surface area contributed by atoms with E-state index in [9.17, 15) is 9.50 Å². The summed E-state index contributed by atoms with van der Waals surface area (Å²) in [5, 5.41) is 18.7. The van der Waals surface area contributed by atoms with E-state index in [0.717, 1.165) is 0 Å². The highest BCUT2D eigenvalue weighted by atomic mass is 19.1. The van der Waals surface area contributed by atoms with Crippen LogP contribution in [0, 0.1) is 17.1 Å². The van der Waals surface area contributed by atoms with Gasteiger partial charge in [-0.05, 0) is 18.2 Å². The number of halogens is 1. The number of aliphatic hydroxyl groups is 1. The molecule has 0 aliphatic heterocycles. The monoisotopic (exact) mass is 301 g/mol. The van der Waals surface area contributed by atoms with Gasteiger partial charge in [0.15, 0.2) is 0 Å². The molecular weight excluding hydrogens is 285 g/mol. The van der Waals surface area contributed by atoms with Crippen LogP contribution in [0.1, 0.15) is 11.1 Å². The van der Waals surface area contributed by atoms with E-state index >= 15 is 0 Å². The van der Waals surface area contributed by atoms with Crippen molar-refractivity contribution >= 4 is 0 Å². The van der Waals surface area contributed by atoms with Crippen LogP contribution < -0.4 is 4.74 Å². The topological polar surface area (TPSA) is 62.5 Å². The molecule has 4 nitrogen and oxygen atoms in total. The first-order valence-electron chi connectivity index (χ1n) is 6.82. The van der Waals surface area contributed by atoms with E-state index in [1.54, 1.807) is 42.5 Å². The molecule has 5 heteroatoms. The third kappa shape index (κ3) is 4.55. The second-order valence-electron chi connectivity index (χ2n) is 4.68. The van der Waals surface area contributed by atoms with Crippen molar-refractivity contribution < 1.29 is 19.0 Å². The van der Waals surface area contributed by atoms with Crippen LogP contribution in [-0.4, -0.2) is 24.4 Å². The Kier molecular flexibility index (Phi) is 5.90. The molecule has 2 aromatic carbocycles. The number of rotatable bonds is 7. The molecule has 2 aromatic rings. The minimum atomic E-state index is -0.862. The van der Waals surface area contributed by atoms with Gasteiger partial charge in [-0.25, -0.2) is 4.39 Å². The zero-order valence-electron chi connectivity index (χ0n) is 11.9. The zero-order chi connectivity index (χ0) is 15.8. The largest absolute Gasteiger partial charge is 0.489 e. The molecule has 0 aliphatic carbocycles. The molecule has 1 atom stereocenters. The minimum absolute atomic E-state index is 0.00400. The summed E-state index contributed by atoms with van der Waals surface area (Å²) in [4.78, 5) is 0. The van der Waals surface area contributed by atoms with Gasteiger partial charge in [0.2, 0.25) is 0 Å². The zero-order valence-corrected chi connectivity index (χ0v) is 11.9. The van der Waals surface area contributed by atoms with Crippen LogP contribution in [0.2, 0.25) is 0 Å². The molecule has 22 heavy (non-hydrogen) atoms. The normalized spacial score (nSPS) is 11.7. The van der Waals surface area contributed by atoms with Crippen LogP contribution in [-0.2, 0) is 11.3 Å². The van der Waals surface area contributed by atoms with Crippen molar-refractivity contribution in [2.75, 3.05) is 13.2 Å². The molecule has 2 rings (SSSR count). The van der Waals surface area contributed by atoms with Gasteiger partial charge in [-0.1, -0.05) is 30.3 Å². The van der Waals surface area contributed by atoms with Crippen LogP contribution >= 0.6 is 0 Å². The highest BCUT2D eigenvalue weighted by Crippen LogP contribution is 2.16. The molecule has 0 spiro atoms. The summed E-state index contributed by atoms with van der Waals surface area (Å²) in [5.74, 6) is 0.0781. The summed E-state index contributed by atoms with van der Waals surface area (Å²) in [5.41, 5.74) is 0.840. The van der Waals surface area contributed by atoms with Crippen molar-refractivity contribution in [3.63, 3.8) is 0 Å². The fraction of sp³-hybridized carbons (Fsp3) is 0.235. The average molecular weight is 301 g/mol. The highest BCUT2D eigenvalue weighted by molar-refractivity contribution is 5.42. The van der Waals surface area contributed by atoms with E-state index < -0.39 is 6.10 Å². The lowest BCUT2D eigenvalue weighted by Crippen LogP contribution is -2.23. The maximum atomic E-state index is 13.4. The number of aliphatic hydroxyl groups excluding tert-OH is 1. The van der Waals surface area contributed by atoms with Gasteiger partial charge in [0.25, 0.3) is 0 Å². The van der Waals surface area contributed by atoms with Gasteiger partial charge in [0, 0.05) is 5.56 Å². The number of nitriles is 1. The third-order valence-corrected chi connectivity index (χ3v) is 2.96. The highest BCUT2D eigenvalue weighted by Gasteiger charge is 2.09. The second kappa shape index (κ2) is 8.13. The SMILES string of the molecule is N#Cc1ccccc1OCC(O)COCc1ccccc1F. The van der Waals surface area contributed by atoms with Crippen molar-refractivity contribution in [1.29, 1.82) is 5.26 Å². The Morgan fingerprint density at radius 3 is 2.59 bits per heavy atom. The summed E-state index contributed by atoms with van der Waals surface area (Å²) in [7, 11) is 0. The Morgan fingerprint density at radius 2 is 1.82 bits per heavy atom. The maximum Gasteiger partial charge on any atom is 0.137 e. The Morgan fingerprint density at radius 1 is 1.09 bits per heavy atom. The molecule has 0 radical (unpaired) electrons. The molecular formula is C17H16FNO3. The first-order chi connectivity index (χ1) is 10.7. The summed E-state index contributed by atoms with van der Waals surface area (Å²) in [6, 6.07) is 15.1. The number of benzene rings is 2. The van der Waals surface area contributed by atoms with Crippen molar-refractivity contribution in [2.24, 2.45) is 0 Å². The molecule has 0 fully saturated rings. The van der Waals surface area contributed by atoms with Crippen molar-refractivity contribution in [2.45, 2.75) is 12.7 Å². The lowest BCUT2D eigenvalue weighted by atomic mass is 10.2. The molecule has 0 saturated carbocycles.